The van der Waals surface area contributed by atoms with Crippen molar-refractivity contribution in [3.63, 3.8) is 0 Å². The number of nitrogens with zero attached hydrogens (tertiary/aromatic N) is 2. The summed E-state index contributed by atoms with van der Waals surface area (Å²) in [6.07, 6.45) is 3.55. The zero-order valence-corrected chi connectivity index (χ0v) is 15.4. The number of methoxy groups -OCH3 is 1. The lowest BCUT2D eigenvalue weighted by molar-refractivity contribution is -0.148. The Hall–Kier alpha value is -2.80. The normalized spacial score (nSPS) is 17.0. The van der Waals surface area contributed by atoms with Crippen LogP contribution in [0, 0.1) is 6.92 Å². The van der Waals surface area contributed by atoms with E-state index in [0.29, 0.717) is 0 Å². The average molecular weight is 370 g/mol. The van der Waals surface area contributed by atoms with Crippen LogP contribution in [0.3, 0.4) is 0 Å². The molecule has 1 aliphatic rings. The summed E-state index contributed by atoms with van der Waals surface area (Å²) in [6, 6.07) is 10.7. The number of thioether (sulfide) groups is 1. The minimum Gasteiger partial charge on any atom is -0.467 e. The van der Waals surface area contributed by atoms with Gasteiger partial charge in [0, 0.05) is 17.6 Å². The fourth-order valence-electron chi connectivity index (χ4n) is 2.75. The van der Waals surface area contributed by atoms with E-state index in [1.807, 2.05) is 54.1 Å². The molecule has 0 radical (unpaired) electrons. The van der Waals surface area contributed by atoms with Crippen LogP contribution in [-0.4, -0.2) is 39.7 Å². The second-order valence-electron chi connectivity index (χ2n) is 5.89. The molecule has 0 saturated carbocycles. The third-order valence-electron chi connectivity index (χ3n) is 4.09. The van der Waals surface area contributed by atoms with Gasteiger partial charge in [-0.25, -0.2) is 4.79 Å². The lowest BCUT2D eigenvalue weighted by Crippen LogP contribution is -2.42. The Morgan fingerprint density at radius 2 is 2.00 bits per heavy atom. The van der Waals surface area contributed by atoms with Gasteiger partial charge in [0.2, 0.25) is 0 Å². The monoisotopic (exact) mass is 370 g/mol. The zero-order valence-electron chi connectivity index (χ0n) is 14.6. The highest BCUT2D eigenvalue weighted by Crippen LogP contribution is 2.34. The van der Waals surface area contributed by atoms with Crippen LogP contribution >= 0.6 is 11.8 Å². The maximum absolute atomic E-state index is 12.6. The van der Waals surface area contributed by atoms with Crippen molar-refractivity contribution < 1.29 is 19.1 Å². The van der Waals surface area contributed by atoms with E-state index in [9.17, 15) is 14.4 Å². The summed E-state index contributed by atoms with van der Waals surface area (Å²) in [5.41, 5.74) is 2.85. The molecule has 1 aromatic carbocycles. The largest absolute Gasteiger partial charge is 0.467 e. The van der Waals surface area contributed by atoms with E-state index < -0.39 is 23.2 Å². The van der Waals surface area contributed by atoms with Gasteiger partial charge in [0.15, 0.2) is 0 Å². The number of imide groups is 1. The molecule has 1 aliphatic heterocycles. The van der Waals surface area contributed by atoms with Crippen LogP contribution in [-0.2, 0) is 14.3 Å². The predicted molar refractivity (Wildman–Crippen MR) is 99.8 cm³/mol. The van der Waals surface area contributed by atoms with E-state index in [1.54, 1.807) is 6.08 Å². The van der Waals surface area contributed by atoms with E-state index in [1.165, 1.54) is 14.0 Å². The molecule has 0 N–H and O–H groups in total. The number of carbonyl (C=O) groups excluding carboxylic acids is 3. The molecule has 2 aromatic rings. The molecule has 1 saturated heterocycles. The van der Waals surface area contributed by atoms with Crippen LogP contribution in [0.25, 0.3) is 11.8 Å². The Labute approximate surface area is 155 Å². The summed E-state index contributed by atoms with van der Waals surface area (Å²) < 4.78 is 6.57. The highest BCUT2D eigenvalue weighted by molar-refractivity contribution is 8.18. The maximum atomic E-state index is 12.6. The molecule has 134 valence electrons. The second kappa shape index (κ2) is 7.21. The molecule has 2 heterocycles. The molecule has 6 nitrogen and oxygen atoms in total. The number of ether oxygens (including phenoxy) is 1. The summed E-state index contributed by atoms with van der Waals surface area (Å²) in [4.78, 5) is 37.7. The number of carbonyl (C=O) groups is 3. The molecule has 7 heteroatoms. The number of aromatic nitrogens is 1. The standard InChI is InChI=1S/C19H18N2O4S/c1-12-6-4-7-14(10-12)20-9-5-8-15(20)11-16-17(22)21(19(24)26-16)13(2)18(23)25-3/h4-11,13H,1-3H3/b16-11-/t13-/m0/s1. The first-order valence-corrected chi connectivity index (χ1v) is 8.83. The third kappa shape index (κ3) is 3.30. The molecule has 1 atom stereocenters. The maximum Gasteiger partial charge on any atom is 0.328 e. The Balaban J connectivity index is 1.93. The van der Waals surface area contributed by atoms with E-state index in [0.717, 1.165) is 33.6 Å². The predicted octanol–water partition coefficient (Wildman–Crippen LogP) is 3.38. The number of esters is 1. The summed E-state index contributed by atoms with van der Waals surface area (Å²) in [6.45, 7) is 3.48. The molecule has 1 aromatic heterocycles. The van der Waals surface area contributed by atoms with Gasteiger partial charge in [-0.3, -0.25) is 14.5 Å². The van der Waals surface area contributed by atoms with E-state index in [2.05, 4.69) is 4.74 Å². The van der Waals surface area contributed by atoms with Crippen molar-refractivity contribution in [2.45, 2.75) is 19.9 Å². The van der Waals surface area contributed by atoms with Gasteiger partial charge in [-0.1, -0.05) is 12.1 Å². The molecule has 26 heavy (non-hydrogen) atoms. The van der Waals surface area contributed by atoms with Crippen molar-refractivity contribution in [2.75, 3.05) is 7.11 Å². The van der Waals surface area contributed by atoms with Crippen LogP contribution in [0.2, 0.25) is 0 Å². The van der Waals surface area contributed by atoms with Crippen LogP contribution < -0.4 is 0 Å². The number of hydrogen-bond acceptors (Lipinski definition) is 5. The number of amides is 2. The van der Waals surface area contributed by atoms with Crippen molar-refractivity contribution in [2.24, 2.45) is 0 Å². The van der Waals surface area contributed by atoms with Gasteiger partial charge in [-0.15, -0.1) is 0 Å². The first kappa shape index (κ1) is 18.0. The van der Waals surface area contributed by atoms with E-state index >= 15 is 0 Å². The molecule has 0 spiro atoms. The lowest BCUT2D eigenvalue weighted by atomic mass is 10.2. The first-order chi connectivity index (χ1) is 12.4. The summed E-state index contributed by atoms with van der Waals surface area (Å²) in [5.74, 6) is -1.12. The molecular weight excluding hydrogens is 352 g/mol. The van der Waals surface area contributed by atoms with E-state index in [4.69, 9.17) is 0 Å². The Kier molecular flexibility index (Phi) is 4.99. The number of benzene rings is 1. The van der Waals surface area contributed by atoms with Gasteiger partial charge in [-0.05, 0) is 61.5 Å². The topological polar surface area (TPSA) is 68.6 Å². The second-order valence-corrected chi connectivity index (χ2v) is 6.89. The molecule has 0 unspecified atom stereocenters. The summed E-state index contributed by atoms with van der Waals surface area (Å²) >= 11 is 0.821. The SMILES string of the molecule is COC(=O)[C@H](C)N1C(=O)S/C(=C\c2cccn2-c2cccc(C)c2)C1=O. The molecule has 3 rings (SSSR count). The quantitative estimate of drug-likeness (QED) is 0.610. The third-order valence-corrected chi connectivity index (χ3v) is 4.98. The smallest absolute Gasteiger partial charge is 0.328 e. The molecule has 1 fully saturated rings. The highest BCUT2D eigenvalue weighted by atomic mass is 32.2. The summed E-state index contributed by atoms with van der Waals surface area (Å²) in [7, 11) is 1.22. The van der Waals surface area contributed by atoms with Crippen LogP contribution in [0.5, 0.6) is 0 Å². The average Bonchev–Trinajstić information content (AvgIpc) is 3.18. The van der Waals surface area contributed by atoms with Crippen LogP contribution in [0.15, 0.2) is 47.5 Å². The summed E-state index contributed by atoms with van der Waals surface area (Å²) in [5, 5.41) is -0.479. The van der Waals surface area contributed by atoms with Crippen molar-refractivity contribution in [3.05, 3.63) is 58.8 Å². The van der Waals surface area contributed by atoms with Crippen LogP contribution in [0.1, 0.15) is 18.2 Å². The van der Waals surface area contributed by atoms with Gasteiger partial charge in [0.05, 0.1) is 12.0 Å². The van der Waals surface area contributed by atoms with Gasteiger partial charge in [0.25, 0.3) is 11.1 Å². The molecule has 0 bridgehead atoms. The number of aryl methyl sites for hydroxylation is 1. The Morgan fingerprint density at radius 3 is 2.69 bits per heavy atom. The van der Waals surface area contributed by atoms with Crippen molar-refractivity contribution in [3.8, 4) is 5.69 Å². The molecular formula is C19H18N2O4S. The van der Waals surface area contributed by atoms with Gasteiger partial charge in [0.1, 0.15) is 6.04 Å². The molecule has 0 aliphatic carbocycles. The minimum atomic E-state index is -0.957. The van der Waals surface area contributed by atoms with Crippen molar-refractivity contribution >= 4 is 35.0 Å². The minimum absolute atomic E-state index is 0.276. The van der Waals surface area contributed by atoms with Gasteiger partial charge < -0.3 is 9.30 Å². The van der Waals surface area contributed by atoms with Gasteiger partial charge in [-0.2, -0.15) is 0 Å². The van der Waals surface area contributed by atoms with E-state index in [-0.39, 0.29) is 4.91 Å². The van der Waals surface area contributed by atoms with Crippen molar-refractivity contribution in [1.82, 2.24) is 9.47 Å². The fourth-order valence-corrected chi connectivity index (χ4v) is 3.64. The van der Waals surface area contributed by atoms with Gasteiger partial charge >= 0.3 is 5.97 Å². The highest BCUT2D eigenvalue weighted by Gasteiger charge is 2.41. The first-order valence-electron chi connectivity index (χ1n) is 8.01. The number of hydrogen-bond donors (Lipinski definition) is 0. The van der Waals surface area contributed by atoms with Crippen molar-refractivity contribution in [1.29, 1.82) is 0 Å². The fraction of sp³-hybridized carbons (Fsp3) is 0.211. The molecule has 2 amide bonds. The Morgan fingerprint density at radius 1 is 1.23 bits per heavy atom. The lowest BCUT2D eigenvalue weighted by Gasteiger charge is -2.18. The number of rotatable bonds is 4. The van der Waals surface area contributed by atoms with Crippen LogP contribution in [0.4, 0.5) is 4.79 Å². The zero-order chi connectivity index (χ0) is 18.8. The Bertz CT molecular complexity index is 916.